The molecule has 0 aliphatic carbocycles. The van der Waals surface area contributed by atoms with E-state index in [2.05, 4.69) is 220 Å². The van der Waals surface area contributed by atoms with Gasteiger partial charge in [0.15, 0.2) is 0 Å². The van der Waals surface area contributed by atoms with Gasteiger partial charge in [0.05, 0.1) is 0 Å². The SMILES string of the molecule is N#Cc1cc(N2c3ccccc3B3c4ccccc4N(c4ccccc4)c4cccc2c43)nc(N2c3ccccc3B3c4ccccc4N(c4ccccc4)c4cccc2c43)n1. The molecule has 4 aliphatic heterocycles. The predicted octanol–water partition coefficient (Wildman–Crippen LogP) is 8.51. The van der Waals surface area contributed by atoms with E-state index in [4.69, 9.17) is 9.97 Å². The number of aromatic nitrogens is 2. The molecule has 9 aromatic rings. The van der Waals surface area contributed by atoms with Crippen LogP contribution in [0.15, 0.2) is 200 Å². The molecule has 0 fully saturated rings. The molecule has 0 radical (unpaired) electrons. The second-order valence-corrected chi connectivity index (χ2v) is 16.1. The lowest BCUT2D eigenvalue weighted by atomic mass is 9.33. The summed E-state index contributed by atoms with van der Waals surface area (Å²) in [7, 11) is 0. The van der Waals surface area contributed by atoms with Gasteiger partial charge in [-0.05, 0) is 106 Å². The molecule has 7 nitrogen and oxygen atoms in total. The van der Waals surface area contributed by atoms with Crippen LogP contribution in [0.5, 0.6) is 0 Å². The molecule has 0 saturated carbocycles. The number of hydrogen-bond acceptors (Lipinski definition) is 7. The summed E-state index contributed by atoms with van der Waals surface area (Å²) in [5.41, 5.74) is 18.2. The van der Waals surface area contributed by atoms with Crippen molar-refractivity contribution in [3.63, 3.8) is 0 Å². The number of nitrogens with zero attached hydrogens (tertiary/aromatic N) is 7. The zero-order chi connectivity index (χ0) is 40.9. The summed E-state index contributed by atoms with van der Waals surface area (Å²) in [5.74, 6) is 1.06. The minimum Gasteiger partial charge on any atom is -0.311 e. The summed E-state index contributed by atoms with van der Waals surface area (Å²) in [5, 5.41) is 10.8. The third-order valence-electron chi connectivity index (χ3n) is 12.9. The van der Waals surface area contributed by atoms with Crippen molar-refractivity contribution in [2.45, 2.75) is 0 Å². The highest BCUT2D eigenvalue weighted by Gasteiger charge is 2.45. The van der Waals surface area contributed by atoms with Gasteiger partial charge in [0.1, 0.15) is 17.6 Å². The number of benzene rings is 8. The fourth-order valence-corrected chi connectivity index (χ4v) is 10.5. The summed E-state index contributed by atoms with van der Waals surface area (Å²) in [6.45, 7) is -0.0423. The first-order valence-corrected chi connectivity index (χ1v) is 21.0. The number of anilines is 12. The number of hydrogen-bond donors (Lipinski definition) is 0. The van der Waals surface area contributed by atoms with Crippen LogP contribution < -0.4 is 52.4 Å². The highest BCUT2D eigenvalue weighted by molar-refractivity contribution is 7.01. The highest BCUT2D eigenvalue weighted by atomic mass is 15.3. The maximum Gasteiger partial charge on any atom is 0.252 e. The zero-order valence-corrected chi connectivity index (χ0v) is 33.3. The Balaban J connectivity index is 1.04. The number of nitriles is 1. The Kier molecular flexibility index (Phi) is 7.42. The monoisotopic (exact) mass is 789 g/mol. The van der Waals surface area contributed by atoms with Gasteiger partial charge in [-0.2, -0.15) is 10.2 Å². The van der Waals surface area contributed by atoms with Crippen molar-refractivity contribution in [1.82, 2.24) is 9.97 Å². The summed E-state index contributed by atoms with van der Waals surface area (Å²) < 4.78 is 0. The maximum absolute atomic E-state index is 10.8. The summed E-state index contributed by atoms with van der Waals surface area (Å²) in [6, 6.07) is 73.2. The molecule has 4 aliphatic rings. The van der Waals surface area contributed by atoms with E-state index in [9.17, 15) is 5.26 Å². The zero-order valence-electron chi connectivity index (χ0n) is 33.3. The van der Waals surface area contributed by atoms with E-state index in [1.165, 1.54) is 27.3 Å². The van der Waals surface area contributed by atoms with Gasteiger partial charge in [-0.1, -0.05) is 121 Å². The number of para-hydroxylation sites is 6. The van der Waals surface area contributed by atoms with Crippen molar-refractivity contribution < 1.29 is 0 Å². The van der Waals surface area contributed by atoms with Crippen LogP contribution >= 0.6 is 0 Å². The minimum atomic E-state index is -0.0272. The van der Waals surface area contributed by atoms with E-state index in [1.54, 1.807) is 0 Å². The molecule has 0 amide bonds. The smallest absolute Gasteiger partial charge is 0.252 e. The van der Waals surface area contributed by atoms with Gasteiger partial charge < -0.3 is 9.80 Å². The van der Waals surface area contributed by atoms with E-state index >= 15 is 0 Å². The van der Waals surface area contributed by atoms with Crippen LogP contribution in [0.25, 0.3) is 0 Å². The van der Waals surface area contributed by atoms with Crippen molar-refractivity contribution in [2.24, 2.45) is 0 Å². The molecule has 286 valence electrons. The molecule has 0 atom stereocenters. The Morgan fingerprint density at radius 2 is 0.710 bits per heavy atom. The van der Waals surface area contributed by atoms with E-state index in [1.807, 2.05) is 6.07 Å². The van der Waals surface area contributed by atoms with Crippen molar-refractivity contribution in [3.05, 3.63) is 206 Å². The lowest BCUT2D eigenvalue weighted by molar-refractivity contribution is 1.05. The molecule has 0 saturated heterocycles. The molecule has 9 heteroatoms. The van der Waals surface area contributed by atoms with Crippen LogP contribution in [0.1, 0.15) is 5.69 Å². The van der Waals surface area contributed by atoms with Gasteiger partial charge in [-0.15, -0.1) is 0 Å². The van der Waals surface area contributed by atoms with E-state index in [-0.39, 0.29) is 19.1 Å². The van der Waals surface area contributed by atoms with Gasteiger partial charge in [0, 0.05) is 62.9 Å². The minimum absolute atomic E-state index is 0.0151. The van der Waals surface area contributed by atoms with Crippen molar-refractivity contribution in [1.29, 1.82) is 5.26 Å². The van der Waals surface area contributed by atoms with E-state index in [0.717, 1.165) is 62.3 Å². The first-order chi connectivity index (χ1) is 30.8. The van der Waals surface area contributed by atoms with Crippen LogP contribution in [0, 0.1) is 11.3 Å². The molecule has 0 unspecified atom stereocenters. The molecule has 8 aromatic carbocycles. The van der Waals surface area contributed by atoms with Crippen LogP contribution in [-0.4, -0.2) is 23.4 Å². The molecule has 0 spiro atoms. The van der Waals surface area contributed by atoms with Gasteiger partial charge in [0.2, 0.25) is 5.95 Å². The standard InChI is InChI=1S/C53H33B2N7/c56-34-35-33-50(61-44-27-13-9-23-40(44)54-38-21-7-11-25-42(38)59(36-17-3-1-4-18-36)46-29-15-31-48(61)51(46)54)58-53(57-35)62-45-28-14-10-24-41(45)55-39-22-8-12-26-43(39)60(37-19-5-2-6-20-37)47-30-16-32-49(62)52(47)55/h1-33H. The molecular formula is C53H33B2N7. The normalized spacial score (nSPS) is 13.6. The lowest BCUT2D eigenvalue weighted by Crippen LogP contribution is -2.61. The molecule has 0 bridgehead atoms. The Morgan fingerprint density at radius 1 is 0.355 bits per heavy atom. The number of rotatable bonds is 4. The van der Waals surface area contributed by atoms with Crippen LogP contribution in [0.3, 0.4) is 0 Å². The largest absolute Gasteiger partial charge is 0.311 e. The van der Waals surface area contributed by atoms with Crippen molar-refractivity contribution >= 4 is 115 Å². The van der Waals surface area contributed by atoms with Gasteiger partial charge in [-0.3, -0.25) is 9.80 Å². The summed E-state index contributed by atoms with van der Waals surface area (Å²) in [6.07, 6.45) is 0. The molecule has 1 aromatic heterocycles. The number of fused-ring (bicyclic) bond motifs is 8. The topological polar surface area (TPSA) is 62.5 Å². The Morgan fingerprint density at radius 3 is 1.16 bits per heavy atom. The van der Waals surface area contributed by atoms with Crippen molar-refractivity contribution in [3.8, 4) is 6.07 Å². The fraction of sp³-hybridized carbons (Fsp3) is 0. The molecule has 0 N–H and O–H groups in total. The lowest BCUT2D eigenvalue weighted by Gasteiger charge is -2.44. The Labute approximate surface area is 360 Å². The second-order valence-electron chi connectivity index (χ2n) is 16.1. The average Bonchev–Trinajstić information content (AvgIpc) is 3.34. The Hall–Kier alpha value is -8.34. The Bertz CT molecular complexity index is 3120. The van der Waals surface area contributed by atoms with Crippen LogP contribution in [0.2, 0.25) is 0 Å². The fourth-order valence-electron chi connectivity index (χ4n) is 10.5. The first kappa shape index (κ1) is 34.5. The van der Waals surface area contributed by atoms with Gasteiger partial charge >= 0.3 is 0 Å². The summed E-state index contributed by atoms with van der Waals surface area (Å²) >= 11 is 0. The van der Waals surface area contributed by atoms with E-state index < -0.39 is 0 Å². The molecule has 62 heavy (non-hydrogen) atoms. The predicted molar refractivity (Wildman–Crippen MR) is 255 cm³/mol. The highest BCUT2D eigenvalue weighted by Crippen LogP contribution is 2.46. The van der Waals surface area contributed by atoms with Crippen molar-refractivity contribution in [2.75, 3.05) is 19.6 Å². The third kappa shape index (κ3) is 4.83. The molecule has 13 rings (SSSR count). The third-order valence-corrected chi connectivity index (χ3v) is 12.9. The quantitative estimate of drug-likeness (QED) is 0.166. The first-order valence-electron chi connectivity index (χ1n) is 21.0. The van der Waals surface area contributed by atoms with Crippen LogP contribution in [0.4, 0.5) is 68.6 Å². The average molecular weight is 790 g/mol. The molecule has 5 heterocycles. The van der Waals surface area contributed by atoms with Crippen LogP contribution in [-0.2, 0) is 0 Å². The second kappa shape index (κ2) is 13.3. The molecular weight excluding hydrogens is 756 g/mol. The van der Waals surface area contributed by atoms with E-state index in [0.29, 0.717) is 11.8 Å². The van der Waals surface area contributed by atoms with Gasteiger partial charge in [-0.25, -0.2) is 4.98 Å². The maximum atomic E-state index is 10.8. The van der Waals surface area contributed by atoms with Gasteiger partial charge in [0.25, 0.3) is 13.4 Å². The summed E-state index contributed by atoms with van der Waals surface area (Å²) in [4.78, 5) is 19.7.